The first-order valence-corrected chi connectivity index (χ1v) is 5.91. The van der Waals surface area contributed by atoms with Crippen LogP contribution >= 0.6 is 0 Å². The molecule has 0 saturated heterocycles. The van der Waals surface area contributed by atoms with E-state index in [2.05, 4.69) is 11.8 Å². The highest BCUT2D eigenvalue weighted by molar-refractivity contribution is 5.75. The molecule has 1 fully saturated rings. The molecular weight excluding hydrogens is 206 g/mol. The lowest BCUT2D eigenvalue weighted by Crippen LogP contribution is -2.42. The van der Waals surface area contributed by atoms with Crippen molar-refractivity contribution in [3.63, 3.8) is 0 Å². The van der Waals surface area contributed by atoms with Crippen LogP contribution in [0.15, 0.2) is 0 Å². The average molecular weight is 229 g/mol. The summed E-state index contributed by atoms with van der Waals surface area (Å²) in [6.07, 6.45) is 2.01. The zero-order valence-electron chi connectivity index (χ0n) is 10.6. The molecule has 0 bridgehead atoms. The zero-order valence-corrected chi connectivity index (χ0v) is 10.6. The van der Waals surface area contributed by atoms with Gasteiger partial charge in [-0.1, -0.05) is 6.92 Å². The standard InChI is InChI=1S/C12H23NO3/c1-8-5-11(6-10(8)7-14)13(3)9(2)12(15)16-4/h8-11,14H,5-7H2,1-4H3/t8-,9?,10+,11-/m0/s1. The summed E-state index contributed by atoms with van der Waals surface area (Å²) in [7, 11) is 3.37. The zero-order chi connectivity index (χ0) is 12.3. The molecule has 0 aromatic heterocycles. The summed E-state index contributed by atoms with van der Waals surface area (Å²) in [5, 5.41) is 9.22. The molecule has 4 atom stereocenters. The summed E-state index contributed by atoms with van der Waals surface area (Å²) in [6.45, 7) is 4.28. The number of methoxy groups -OCH3 is 1. The number of esters is 1. The van der Waals surface area contributed by atoms with Crippen molar-refractivity contribution in [3.05, 3.63) is 0 Å². The number of hydrogen-bond acceptors (Lipinski definition) is 4. The molecule has 0 aromatic rings. The Labute approximate surface area is 97.6 Å². The first-order chi connectivity index (χ1) is 7.51. The Morgan fingerprint density at radius 1 is 1.56 bits per heavy atom. The van der Waals surface area contributed by atoms with Gasteiger partial charge in [-0.3, -0.25) is 9.69 Å². The van der Waals surface area contributed by atoms with Crippen LogP contribution in [0.3, 0.4) is 0 Å². The highest BCUT2D eigenvalue weighted by atomic mass is 16.5. The van der Waals surface area contributed by atoms with Crippen molar-refractivity contribution in [1.82, 2.24) is 4.90 Å². The molecule has 0 radical (unpaired) electrons. The third kappa shape index (κ3) is 2.74. The van der Waals surface area contributed by atoms with Gasteiger partial charge in [0.25, 0.3) is 0 Å². The Hall–Kier alpha value is -0.610. The fourth-order valence-electron chi connectivity index (χ4n) is 2.54. The number of rotatable bonds is 4. The van der Waals surface area contributed by atoms with Crippen molar-refractivity contribution in [2.75, 3.05) is 20.8 Å². The lowest BCUT2D eigenvalue weighted by Gasteiger charge is -2.28. The van der Waals surface area contributed by atoms with Crippen molar-refractivity contribution in [1.29, 1.82) is 0 Å². The second-order valence-corrected chi connectivity index (χ2v) is 4.91. The van der Waals surface area contributed by atoms with Gasteiger partial charge in [0.05, 0.1) is 7.11 Å². The van der Waals surface area contributed by atoms with Crippen molar-refractivity contribution in [2.24, 2.45) is 11.8 Å². The van der Waals surface area contributed by atoms with Crippen molar-refractivity contribution >= 4 is 5.97 Å². The van der Waals surface area contributed by atoms with Crippen molar-refractivity contribution < 1.29 is 14.6 Å². The van der Waals surface area contributed by atoms with Crippen LogP contribution in [0, 0.1) is 11.8 Å². The number of aliphatic hydroxyl groups excluding tert-OH is 1. The average Bonchev–Trinajstić information content (AvgIpc) is 2.67. The summed E-state index contributed by atoms with van der Waals surface area (Å²) in [4.78, 5) is 13.5. The molecular formula is C12H23NO3. The van der Waals surface area contributed by atoms with E-state index in [1.54, 1.807) is 0 Å². The molecule has 1 aliphatic rings. The van der Waals surface area contributed by atoms with Crippen LogP contribution in [-0.4, -0.2) is 48.8 Å². The number of hydrogen-bond donors (Lipinski definition) is 1. The first kappa shape index (κ1) is 13.5. The first-order valence-electron chi connectivity index (χ1n) is 5.91. The molecule has 16 heavy (non-hydrogen) atoms. The Balaban J connectivity index is 2.56. The molecule has 0 spiro atoms. The Morgan fingerprint density at radius 2 is 2.19 bits per heavy atom. The number of aliphatic hydroxyl groups is 1. The van der Waals surface area contributed by atoms with Gasteiger partial charge in [-0.15, -0.1) is 0 Å². The highest BCUT2D eigenvalue weighted by Gasteiger charge is 2.35. The topological polar surface area (TPSA) is 49.8 Å². The Kier molecular flexibility index (Phi) is 4.74. The van der Waals surface area contributed by atoms with Crippen LogP contribution < -0.4 is 0 Å². The normalized spacial score (nSPS) is 31.8. The maximum atomic E-state index is 11.4. The minimum atomic E-state index is -0.209. The van der Waals surface area contributed by atoms with E-state index < -0.39 is 0 Å². The number of ether oxygens (including phenoxy) is 1. The molecule has 94 valence electrons. The number of carbonyl (C=O) groups is 1. The third-order valence-corrected chi connectivity index (χ3v) is 3.99. The van der Waals surface area contributed by atoms with Gasteiger partial charge in [0, 0.05) is 12.6 Å². The fourth-order valence-corrected chi connectivity index (χ4v) is 2.54. The van der Waals surface area contributed by atoms with E-state index in [9.17, 15) is 9.90 Å². The minimum absolute atomic E-state index is 0.192. The number of likely N-dealkylation sites (N-methyl/N-ethyl adjacent to an activating group) is 1. The Morgan fingerprint density at radius 3 is 2.62 bits per heavy atom. The minimum Gasteiger partial charge on any atom is -0.468 e. The van der Waals surface area contributed by atoms with E-state index in [0.717, 1.165) is 12.8 Å². The molecule has 1 rings (SSSR count). The lowest BCUT2D eigenvalue weighted by molar-refractivity contribution is -0.146. The monoisotopic (exact) mass is 229 g/mol. The van der Waals surface area contributed by atoms with Gasteiger partial charge in [-0.2, -0.15) is 0 Å². The molecule has 1 N–H and O–H groups in total. The summed E-state index contributed by atoms with van der Waals surface area (Å²) in [5.74, 6) is 0.710. The summed E-state index contributed by atoms with van der Waals surface area (Å²) in [5.41, 5.74) is 0. The lowest BCUT2D eigenvalue weighted by atomic mass is 10.00. The molecule has 0 amide bonds. The highest BCUT2D eigenvalue weighted by Crippen LogP contribution is 2.34. The van der Waals surface area contributed by atoms with E-state index >= 15 is 0 Å². The van der Waals surface area contributed by atoms with Crippen LogP contribution in [0.25, 0.3) is 0 Å². The molecule has 4 heteroatoms. The second-order valence-electron chi connectivity index (χ2n) is 4.91. The van der Waals surface area contributed by atoms with Crippen molar-refractivity contribution in [3.8, 4) is 0 Å². The van der Waals surface area contributed by atoms with Crippen LogP contribution in [0.5, 0.6) is 0 Å². The SMILES string of the molecule is COC(=O)C(C)N(C)[C@@H]1C[C@H](CO)[C@@H](C)C1. The second kappa shape index (κ2) is 5.64. The molecule has 1 saturated carbocycles. The van der Waals surface area contributed by atoms with Crippen LogP contribution in [0.4, 0.5) is 0 Å². The smallest absolute Gasteiger partial charge is 0.322 e. The molecule has 1 aliphatic carbocycles. The maximum absolute atomic E-state index is 11.4. The largest absolute Gasteiger partial charge is 0.468 e. The fraction of sp³-hybridized carbons (Fsp3) is 0.917. The third-order valence-electron chi connectivity index (χ3n) is 3.99. The van der Waals surface area contributed by atoms with Crippen LogP contribution in [0.1, 0.15) is 26.7 Å². The van der Waals surface area contributed by atoms with E-state index in [-0.39, 0.29) is 18.6 Å². The Bertz CT molecular complexity index is 244. The quantitative estimate of drug-likeness (QED) is 0.727. The van der Waals surface area contributed by atoms with Gasteiger partial charge in [0.2, 0.25) is 0 Å². The van der Waals surface area contributed by atoms with Gasteiger partial charge < -0.3 is 9.84 Å². The molecule has 4 nitrogen and oxygen atoms in total. The van der Waals surface area contributed by atoms with E-state index in [1.807, 2.05) is 14.0 Å². The summed E-state index contributed by atoms with van der Waals surface area (Å²) in [6, 6.07) is 0.167. The summed E-state index contributed by atoms with van der Waals surface area (Å²) >= 11 is 0. The van der Waals surface area contributed by atoms with E-state index in [0.29, 0.717) is 17.9 Å². The maximum Gasteiger partial charge on any atom is 0.322 e. The summed E-state index contributed by atoms with van der Waals surface area (Å²) < 4.78 is 4.74. The predicted octanol–water partition coefficient (Wildman–Crippen LogP) is 0.887. The van der Waals surface area contributed by atoms with Gasteiger partial charge in [0.15, 0.2) is 0 Å². The number of nitrogens with zero attached hydrogens (tertiary/aromatic N) is 1. The van der Waals surface area contributed by atoms with E-state index in [1.165, 1.54) is 7.11 Å². The van der Waals surface area contributed by atoms with E-state index in [4.69, 9.17) is 4.74 Å². The molecule has 1 unspecified atom stereocenters. The van der Waals surface area contributed by atoms with Gasteiger partial charge in [0.1, 0.15) is 6.04 Å². The van der Waals surface area contributed by atoms with Gasteiger partial charge in [-0.25, -0.2) is 0 Å². The van der Waals surface area contributed by atoms with Gasteiger partial charge >= 0.3 is 5.97 Å². The van der Waals surface area contributed by atoms with Crippen LogP contribution in [0.2, 0.25) is 0 Å². The molecule has 0 aromatic carbocycles. The number of carbonyl (C=O) groups excluding carboxylic acids is 1. The van der Waals surface area contributed by atoms with Gasteiger partial charge in [-0.05, 0) is 38.6 Å². The van der Waals surface area contributed by atoms with Crippen molar-refractivity contribution in [2.45, 2.75) is 38.8 Å². The molecule has 0 aliphatic heterocycles. The predicted molar refractivity (Wildman–Crippen MR) is 62.0 cm³/mol. The van der Waals surface area contributed by atoms with Crippen LogP contribution in [-0.2, 0) is 9.53 Å². The molecule has 0 heterocycles.